The van der Waals surface area contributed by atoms with Crippen molar-refractivity contribution in [2.45, 2.75) is 25.6 Å². The Kier molecular flexibility index (Phi) is 2.66. The van der Waals surface area contributed by atoms with Crippen LogP contribution in [0.3, 0.4) is 0 Å². The fourth-order valence-corrected chi connectivity index (χ4v) is 0.884. The molecule has 0 aromatic carbocycles. The zero-order valence-electron chi connectivity index (χ0n) is 7.18. The fourth-order valence-electron chi connectivity index (χ4n) is 0.884. The van der Waals surface area contributed by atoms with Gasteiger partial charge in [-0.15, -0.1) is 0 Å². The minimum absolute atomic E-state index is 0.138. The Morgan fingerprint density at radius 1 is 1.77 bits per heavy atom. The zero-order chi connectivity index (χ0) is 10.1. The third-order valence-corrected chi connectivity index (χ3v) is 1.55. The summed E-state index contributed by atoms with van der Waals surface area (Å²) >= 11 is 0. The molecule has 1 heterocycles. The Balaban J connectivity index is 2.16. The summed E-state index contributed by atoms with van der Waals surface area (Å²) in [5.74, 6) is -0.584. The maximum atomic E-state index is 12.1. The van der Waals surface area contributed by atoms with Gasteiger partial charge in [0.05, 0.1) is 6.42 Å². The highest BCUT2D eigenvalue weighted by molar-refractivity contribution is 5.86. The average Bonchev–Trinajstić information content (AvgIpc) is 1.95. The standard InChI is InChI=1S/C8H10F2O3/c1-5(2)7(11)12-4-6-3-8(9,10)13-6/h6H,1,3-4H2,2H3. The van der Waals surface area contributed by atoms with Crippen molar-refractivity contribution >= 4 is 5.97 Å². The van der Waals surface area contributed by atoms with E-state index >= 15 is 0 Å². The van der Waals surface area contributed by atoms with Gasteiger partial charge >= 0.3 is 12.1 Å². The molecule has 1 atom stereocenters. The minimum Gasteiger partial charge on any atom is -0.460 e. The van der Waals surface area contributed by atoms with Gasteiger partial charge in [-0.3, -0.25) is 0 Å². The van der Waals surface area contributed by atoms with Crippen molar-refractivity contribution in [3.63, 3.8) is 0 Å². The predicted octanol–water partition coefficient (Wildman–Crippen LogP) is 1.49. The van der Waals surface area contributed by atoms with Gasteiger partial charge in [-0.05, 0) is 6.92 Å². The first kappa shape index (κ1) is 10.1. The lowest BCUT2D eigenvalue weighted by Gasteiger charge is -2.34. The lowest BCUT2D eigenvalue weighted by atomic mass is 10.2. The molecule has 0 aromatic rings. The lowest BCUT2D eigenvalue weighted by Crippen LogP contribution is -2.46. The molecule has 1 unspecified atom stereocenters. The largest absolute Gasteiger partial charge is 0.460 e. The molecule has 1 aliphatic rings. The first-order valence-electron chi connectivity index (χ1n) is 3.79. The van der Waals surface area contributed by atoms with Gasteiger partial charge in [0.15, 0.2) is 0 Å². The van der Waals surface area contributed by atoms with E-state index in [0.29, 0.717) is 0 Å². The molecular formula is C8H10F2O3. The quantitative estimate of drug-likeness (QED) is 0.502. The van der Waals surface area contributed by atoms with Crippen molar-refractivity contribution in [1.29, 1.82) is 0 Å². The summed E-state index contributed by atoms with van der Waals surface area (Å²) in [6, 6.07) is 0. The Hall–Kier alpha value is -0.970. The molecular weight excluding hydrogens is 182 g/mol. The minimum atomic E-state index is -3.04. The molecule has 1 saturated heterocycles. The Morgan fingerprint density at radius 3 is 2.69 bits per heavy atom. The average molecular weight is 192 g/mol. The maximum Gasteiger partial charge on any atom is 0.358 e. The number of alkyl halides is 2. The number of rotatable bonds is 3. The number of halogens is 2. The van der Waals surface area contributed by atoms with Gasteiger partial charge in [0.2, 0.25) is 0 Å². The highest BCUT2D eigenvalue weighted by Crippen LogP contribution is 2.35. The van der Waals surface area contributed by atoms with E-state index in [2.05, 4.69) is 16.1 Å². The van der Waals surface area contributed by atoms with E-state index in [1.807, 2.05) is 0 Å². The van der Waals surface area contributed by atoms with Crippen molar-refractivity contribution in [3.8, 4) is 0 Å². The number of ether oxygens (including phenoxy) is 2. The smallest absolute Gasteiger partial charge is 0.358 e. The van der Waals surface area contributed by atoms with E-state index in [1.165, 1.54) is 6.92 Å². The van der Waals surface area contributed by atoms with Crippen molar-refractivity contribution in [2.75, 3.05) is 6.61 Å². The van der Waals surface area contributed by atoms with Crippen molar-refractivity contribution in [1.82, 2.24) is 0 Å². The van der Waals surface area contributed by atoms with Gasteiger partial charge in [0.25, 0.3) is 0 Å². The van der Waals surface area contributed by atoms with Crippen LogP contribution in [0.1, 0.15) is 13.3 Å². The summed E-state index contributed by atoms with van der Waals surface area (Å²) < 4.78 is 32.9. The summed E-state index contributed by atoms with van der Waals surface area (Å²) in [6.07, 6.45) is -4.12. The molecule has 0 aromatic heterocycles. The third-order valence-electron chi connectivity index (χ3n) is 1.55. The van der Waals surface area contributed by atoms with E-state index < -0.39 is 24.6 Å². The Labute approximate surface area is 74.3 Å². The van der Waals surface area contributed by atoms with Gasteiger partial charge in [0.1, 0.15) is 12.7 Å². The van der Waals surface area contributed by atoms with Crippen LogP contribution >= 0.6 is 0 Å². The molecule has 0 spiro atoms. The van der Waals surface area contributed by atoms with E-state index in [4.69, 9.17) is 0 Å². The molecule has 0 radical (unpaired) electrons. The van der Waals surface area contributed by atoms with Crippen molar-refractivity contribution in [3.05, 3.63) is 12.2 Å². The summed E-state index contributed by atoms with van der Waals surface area (Å²) in [5, 5.41) is 0. The van der Waals surface area contributed by atoms with E-state index in [-0.39, 0.29) is 12.2 Å². The maximum absolute atomic E-state index is 12.1. The number of hydrogen-bond donors (Lipinski definition) is 0. The second-order valence-corrected chi connectivity index (χ2v) is 2.96. The van der Waals surface area contributed by atoms with Crippen LogP contribution in [0.25, 0.3) is 0 Å². The van der Waals surface area contributed by atoms with Crippen LogP contribution in [-0.2, 0) is 14.3 Å². The molecule has 1 fully saturated rings. The number of carbonyl (C=O) groups is 1. The van der Waals surface area contributed by atoms with E-state index in [1.54, 1.807) is 0 Å². The van der Waals surface area contributed by atoms with E-state index in [9.17, 15) is 13.6 Å². The highest BCUT2D eigenvalue weighted by atomic mass is 19.3. The second-order valence-electron chi connectivity index (χ2n) is 2.96. The molecule has 0 N–H and O–H groups in total. The number of esters is 1. The summed E-state index contributed by atoms with van der Waals surface area (Å²) in [4.78, 5) is 10.8. The van der Waals surface area contributed by atoms with Gasteiger partial charge in [-0.1, -0.05) is 6.58 Å². The topological polar surface area (TPSA) is 35.5 Å². The number of carbonyl (C=O) groups excluding carboxylic acids is 1. The summed E-state index contributed by atoms with van der Waals surface area (Å²) in [6.45, 7) is 4.69. The first-order valence-corrected chi connectivity index (χ1v) is 3.79. The van der Waals surface area contributed by atoms with E-state index in [0.717, 1.165) is 0 Å². The van der Waals surface area contributed by atoms with Crippen LogP contribution in [0.15, 0.2) is 12.2 Å². The molecule has 5 heteroatoms. The van der Waals surface area contributed by atoms with Crippen LogP contribution in [-0.4, -0.2) is 24.8 Å². The molecule has 0 saturated carbocycles. The molecule has 74 valence electrons. The number of hydrogen-bond acceptors (Lipinski definition) is 3. The Morgan fingerprint density at radius 2 is 2.31 bits per heavy atom. The second kappa shape index (κ2) is 3.41. The molecule has 0 aliphatic carbocycles. The summed E-state index contributed by atoms with van der Waals surface area (Å²) in [5.41, 5.74) is 0.242. The van der Waals surface area contributed by atoms with Crippen LogP contribution in [0.5, 0.6) is 0 Å². The van der Waals surface area contributed by atoms with Crippen molar-refractivity contribution in [2.24, 2.45) is 0 Å². The van der Waals surface area contributed by atoms with Crippen molar-refractivity contribution < 1.29 is 23.0 Å². The van der Waals surface area contributed by atoms with Crippen LogP contribution in [0, 0.1) is 0 Å². The fraction of sp³-hybridized carbons (Fsp3) is 0.625. The SMILES string of the molecule is C=C(C)C(=O)OCC1CC(F)(F)O1. The van der Waals surface area contributed by atoms with Crippen LogP contribution < -0.4 is 0 Å². The molecule has 13 heavy (non-hydrogen) atoms. The molecule has 1 aliphatic heterocycles. The zero-order valence-corrected chi connectivity index (χ0v) is 7.18. The molecule has 1 rings (SSSR count). The lowest BCUT2D eigenvalue weighted by molar-refractivity contribution is -0.355. The third kappa shape index (κ3) is 2.77. The van der Waals surface area contributed by atoms with Gasteiger partial charge in [-0.2, -0.15) is 8.78 Å². The van der Waals surface area contributed by atoms with Gasteiger partial charge in [-0.25, -0.2) is 4.79 Å². The van der Waals surface area contributed by atoms with Crippen LogP contribution in [0.4, 0.5) is 8.78 Å². The summed E-state index contributed by atoms with van der Waals surface area (Å²) in [7, 11) is 0. The van der Waals surface area contributed by atoms with Crippen LogP contribution in [0.2, 0.25) is 0 Å². The predicted molar refractivity (Wildman–Crippen MR) is 40.2 cm³/mol. The molecule has 3 nitrogen and oxygen atoms in total. The van der Waals surface area contributed by atoms with Gasteiger partial charge in [0, 0.05) is 5.57 Å². The first-order chi connectivity index (χ1) is 5.91. The van der Waals surface area contributed by atoms with Gasteiger partial charge < -0.3 is 9.47 Å². The monoisotopic (exact) mass is 192 g/mol. The molecule has 0 bridgehead atoms. The molecule has 0 amide bonds. The highest BCUT2D eigenvalue weighted by Gasteiger charge is 2.47. The Bertz CT molecular complexity index is 230. The normalized spacial score (nSPS) is 24.7.